The SMILES string of the molecule is CC(C)CCC(C)Nc1ccc(C(N)=S)cc1. The first-order valence-corrected chi connectivity index (χ1v) is 6.56. The molecule has 1 aromatic rings. The van der Waals surface area contributed by atoms with E-state index < -0.39 is 0 Å². The summed E-state index contributed by atoms with van der Waals surface area (Å²) in [6.45, 7) is 6.72. The molecule has 0 fully saturated rings. The highest BCUT2D eigenvalue weighted by Crippen LogP contribution is 2.14. The van der Waals surface area contributed by atoms with E-state index in [1.54, 1.807) is 0 Å². The van der Waals surface area contributed by atoms with Crippen LogP contribution in [0, 0.1) is 5.92 Å². The number of nitrogens with one attached hydrogen (secondary N) is 1. The zero-order valence-electron chi connectivity index (χ0n) is 10.9. The quantitative estimate of drug-likeness (QED) is 0.758. The molecule has 0 spiro atoms. The molecule has 0 aliphatic rings. The Morgan fingerprint density at radius 3 is 2.24 bits per heavy atom. The van der Waals surface area contributed by atoms with Crippen LogP contribution in [0.4, 0.5) is 5.69 Å². The molecule has 94 valence electrons. The highest BCUT2D eigenvalue weighted by atomic mass is 32.1. The molecular weight excluding hydrogens is 228 g/mol. The molecule has 0 amide bonds. The molecule has 1 aromatic carbocycles. The Kier molecular flexibility index (Phi) is 5.42. The van der Waals surface area contributed by atoms with Crippen LogP contribution in [0.5, 0.6) is 0 Å². The second-order valence-corrected chi connectivity index (χ2v) is 5.40. The lowest BCUT2D eigenvalue weighted by atomic mass is 10.0. The molecule has 0 aliphatic carbocycles. The van der Waals surface area contributed by atoms with E-state index >= 15 is 0 Å². The molecule has 3 heteroatoms. The average molecular weight is 250 g/mol. The van der Waals surface area contributed by atoms with Crippen molar-refractivity contribution >= 4 is 22.9 Å². The van der Waals surface area contributed by atoms with Gasteiger partial charge in [0.2, 0.25) is 0 Å². The van der Waals surface area contributed by atoms with E-state index in [-0.39, 0.29) is 0 Å². The standard InChI is InChI=1S/C14H22N2S/c1-10(2)4-5-11(3)16-13-8-6-12(7-9-13)14(15)17/h6-11,16H,4-5H2,1-3H3,(H2,15,17). The van der Waals surface area contributed by atoms with E-state index in [1.165, 1.54) is 12.8 Å². The number of thiocarbonyl (C=S) groups is 1. The third-order valence-electron chi connectivity index (χ3n) is 2.76. The number of anilines is 1. The molecular formula is C14H22N2S. The summed E-state index contributed by atoms with van der Waals surface area (Å²) < 4.78 is 0. The minimum Gasteiger partial charge on any atom is -0.389 e. The third kappa shape index (κ3) is 5.18. The van der Waals surface area contributed by atoms with Crippen LogP contribution < -0.4 is 11.1 Å². The van der Waals surface area contributed by atoms with Gasteiger partial charge in [-0.05, 0) is 49.9 Å². The van der Waals surface area contributed by atoms with Crippen molar-refractivity contribution in [2.75, 3.05) is 5.32 Å². The Balaban J connectivity index is 2.48. The van der Waals surface area contributed by atoms with Crippen molar-refractivity contribution in [1.82, 2.24) is 0 Å². The molecule has 2 nitrogen and oxygen atoms in total. The summed E-state index contributed by atoms with van der Waals surface area (Å²) in [7, 11) is 0. The number of nitrogens with two attached hydrogens (primary N) is 1. The monoisotopic (exact) mass is 250 g/mol. The highest BCUT2D eigenvalue weighted by Gasteiger charge is 2.04. The van der Waals surface area contributed by atoms with Gasteiger partial charge in [-0.15, -0.1) is 0 Å². The first-order valence-electron chi connectivity index (χ1n) is 6.15. The fourth-order valence-electron chi connectivity index (χ4n) is 1.67. The van der Waals surface area contributed by atoms with Crippen molar-refractivity contribution in [1.29, 1.82) is 0 Å². The molecule has 0 aromatic heterocycles. The number of hydrogen-bond donors (Lipinski definition) is 2. The summed E-state index contributed by atoms with van der Waals surface area (Å²) in [6.07, 6.45) is 2.44. The summed E-state index contributed by atoms with van der Waals surface area (Å²) in [5, 5.41) is 3.48. The van der Waals surface area contributed by atoms with Crippen molar-refractivity contribution in [2.24, 2.45) is 11.7 Å². The topological polar surface area (TPSA) is 38.0 Å². The third-order valence-corrected chi connectivity index (χ3v) is 3.00. The second-order valence-electron chi connectivity index (χ2n) is 4.96. The fraction of sp³-hybridized carbons (Fsp3) is 0.500. The van der Waals surface area contributed by atoms with Gasteiger partial charge < -0.3 is 11.1 Å². The predicted octanol–water partition coefficient (Wildman–Crippen LogP) is 3.56. The van der Waals surface area contributed by atoms with Crippen LogP contribution >= 0.6 is 12.2 Å². The Bertz CT molecular complexity index is 357. The van der Waals surface area contributed by atoms with E-state index in [0.29, 0.717) is 11.0 Å². The lowest BCUT2D eigenvalue weighted by Gasteiger charge is -2.16. The molecule has 0 saturated carbocycles. The highest BCUT2D eigenvalue weighted by molar-refractivity contribution is 7.80. The molecule has 1 rings (SSSR count). The van der Waals surface area contributed by atoms with E-state index in [2.05, 4.69) is 26.1 Å². The summed E-state index contributed by atoms with van der Waals surface area (Å²) >= 11 is 4.92. The van der Waals surface area contributed by atoms with Crippen LogP contribution in [0.25, 0.3) is 0 Å². The van der Waals surface area contributed by atoms with E-state index in [9.17, 15) is 0 Å². The normalized spacial score (nSPS) is 12.5. The zero-order chi connectivity index (χ0) is 12.8. The minimum atomic E-state index is 0.449. The van der Waals surface area contributed by atoms with Gasteiger partial charge in [0.1, 0.15) is 4.99 Å². The summed E-state index contributed by atoms with van der Waals surface area (Å²) in [5.41, 5.74) is 7.60. The predicted molar refractivity (Wildman–Crippen MR) is 79.5 cm³/mol. The van der Waals surface area contributed by atoms with Crippen molar-refractivity contribution in [3.05, 3.63) is 29.8 Å². The fourth-order valence-corrected chi connectivity index (χ4v) is 1.81. The summed E-state index contributed by atoms with van der Waals surface area (Å²) in [4.78, 5) is 0.449. The van der Waals surface area contributed by atoms with Crippen molar-refractivity contribution in [2.45, 2.75) is 39.7 Å². The smallest absolute Gasteiger partial charge is 0.103 e. The Morgan fingerprint density at radius 1 is 1.18 bits per heavy atom. The van der Waals surface area contributed by atoms with Crippen LogP contribution in [0.3, 0.4) is 0 Å². The molecule has 0 heterocycles. The van der Waals surface area contributed by atoms with Gasteiger partial charge in [-0.2, -0.15) is 0 Å². The molecule has 0 saturated heterocycles. The number of hydrogen-bond acceptors (Lipinski definition) is 2. The lowest BCUT2D eigenvalue weighted by molar-refractivity contribution is 0.528. The van der Waals surface area contributed by atoms with Gasteiger partial charge in [0.05, 0.1) is 0 Å². The van der Waals surface area contributed by atoms with Crippen LogP contribution in [0.1, 0.15) is 39.2 Å². The Hall–Kier alpha value is -1.09. The van der Waals surface area contributed by atoms with E-state index in [1.807, 2.05) is 24.3 Å². The van der Waals surface area contributed by atoms with E-state index in [0.717, 1.165) is 17.2 Å². The van der Waals surface area contributed by atoms with Gasteiger partial charge in [-0.25, -0.2) is 0 Å². The van der Waals surface area contributed by atoms with Crippen LogP contribution in [0.2, 0.25) is 0 Å². The van der Waals surface area contributed by atoms with Gasteiger partial charge in [0, 0.05) is 17.3 Å². The van der Waals surface area contributed by atoms with Gasteiger partial charge in [-0.3, -0.25) is 0 Å². The first kappa shape index (κ1) is 14.0. The van der Waals surface area contributed by atoms with Crippen LogP contribution in [-0.2, 0) is 0 Å². The second kappa shape index (κ2) is 6.60. The molecule has 0 aliphatic heterocycles. The van der Waals surface area contributed by atoms with Crippen molar-refractivity contribution in [3.8, 4) is 0 Å². The van der Waals surface area contributed by atoms with Gasteiger partial charge in [-0.1, -0.05) is 26.1 Å². The Morgan fingerprint density at radius 2 is 1.76 bits per heavy atom. The minimum absolute atomic E-state index is 0.449. The first-order chi connectivity index (χ1) is 7.99. The van der Waals surface area contributed by atoms with Crippen LogP contribution in [0.15, 0.2) is 24.3 Å². The molecule has 3 N–H and O–H groups in total. The zero-order valence-corrected chi connectivity index (χ0v) is 11.7. The maximum Gasteiger partial charge on any atom is 0.103 e. The largest absolute Gasteiger partial charge is 0.389 e. The van der Waals surface area contributed by atoms with E-state index in [4.69, 9.17) is 18.0 Å². The molecule has 17 heavy (non-hydrogen) atoms. The number of benzene rings is 1. The Labute approximate surface area is 110 Å². The van der Waals surface area contributed by atoms with Crippen molar-refractivity contribution < 1.29 is 0 Å². The molecule has 0 bridgehead atoms. The maximum atomic E-state index is 5.56. The summed E-state index contributed by atoms with van der Waals surface area (Å²) in [5.74, 6) is 0.760. The van der Waals surface area contributed by atoms with Crippen molar-refractivity contribution in [3.63, 3.8) is 0 Å². The van der Waals surface area contributed by atoms with Crippen LogP contribution in [-0.4, -0.2) is 11.0 Å². The molecule has 0 radical (unpaired) electrons. The summed E-state index contributed by atoms with van der Waals surface area (Å²) in [6, 6.07) is 8.47. The van der Waals surface area contributed by atoms with Gasteiger partial charge in [0.25, 0.3) is 0 Å². The lowest BCUT2D eigenvalue weighted by Crippen LogP contribution is -2.16. The average Bonchev–Trinajstić information content (AvgIpc) is 2.27. The van der Waals surface area contributed by atoms with Gasteiger partial charge in [0.15, 0.2) is 0 Å². The molecule has 1 unspecified atom stereocenters. The number of rotatable bonds is 6. The molecule has 1 atom stereocenters. The van der Waals surface area contributed by atoms with Gasteiger partial charge >= 0.3 is 0 Å². The maximum absolute atomic E-state index is 5.56.